The monoisotopic (exact) mass is 549 g/mol. The number of anilines is 1. The van der Waals surface area contributed by atoms with Crippen LogP contribution in [0.3, 0.4) is 0 Å². The van der Waals surface area contributed by atoms with E-state index >= 15 is 0 Å². The first-order valence-electron chi connectivity index (χ1n) is 12.9. The third-order valence-electron chi connectivity index (χ3n) is 5.69. The minimum absolute atomic E-state index is 0.146. The Labute approximate surface area is 233 Å². The number of carbonyl (C=O) groups excluding carboxylic acids is 4. The Hall–Kier alpha value is -4.60. The number of ether oxygens (including phenoxy) is 3. The van der Waals surface area contributed by atoms with E-state index in [0.29, 0.717) is 17.7 Å². The molecule has 10 heteroatoms. The topological polar surface area (TPSA) is 132 Å². The SMILES string of the molecule is COC(=O)c1ccc2cc(NC(=O)[C@H](CCCNC(=O)OCc3ccccc3)NC(=O)OC(C)(C)C)ccc2c1. The van der Waals surface area contributed by atoms with Crippen LogP contribution in [0, 0.1) is 0 Å². The quantitative estimate of drug-likeness (QED) is 0.181. The van der Waals surface area contributed by atoms with Crippen molar-refractivity contribution in [2.45, 2.75) is 51.9 Å². The molecule has 3 rings (SSSR count). The van der Waals surface area contributed by atoms with Crippen molar-refractivity contribution in [3.8, 4) is 0 Å². The number of hydrogen-bond acceptors (Lipinski definition) is 7. The van der Waals surface area contributed by atoms with Crippen LogP contribution in [0.4, 0.5) is 15.3 Å². The van der Waals surface area contributed by atoms with Crippen LogP contribution in [-0.2, 0) is 25.6 Å². The summed E-state index contributed by atoms with van der Waals surface area (Å²) < 4.78 is 15.3. The largest absolute Gasteiger partial charge is 0.465 e. The van der Waals surface area contributed by atoms with Crippen LogP contribution in [-0.4, -0.2) is 49.4 Å². The van der Waals surface area contributed by atoms with Crippen LogP contribution in [0.15, 0.2) is 66.7 Å². The first-order chi connectivity index (χ1) is 19.0. The Morgan fingerprint density at radius 1 is 0.875 bits per heavy atom. The van der Waals surface area contributed by atoms with Crippen molar-refractivity contribution in [2.24, 2.45) is 0 Å². The molecule has 0 aliphatic rings. The van der Waals surface area contributed by atoms with Gasteiger partial charge in [-0.05, 0) is 74.2 Å². The molecule has 0 radical (unpaired) electrons. The summed E-state index contributed by atoms with van der Waals surface area (Å²) in [6, 6.07) is 18.7. The molecule has 1 atom stereocenters. The Kier molecular flexibility index (Phi) is 10.5. The number of alkyl carbamates (subject to hydrolysis) is 2. The number of nitrogens with one attached hydrogen (secondary N) is 3. The number of hydrogen-bond donors (Lipinski definition) is 3. The fraction of sp³-hybridized carbons (Fsp3) is 0.333. The molecule has 3 N–H and O–H groups in total. The van der Waals surface area contributed by atoms with E-state index in [1.165, 1.54) is 7.11 Å². The van der Waals surface area contributed by atoms with Crippen LogP contribution >= 0.6 is 0 Å². The molecule has 0 heterocycles. The highest BCUT2D eigenvalue weighted by Gasteiger charge is 2.24. The molecule has 0 aliphatic carbocycles. The molecule has 3 aromatic carbocycles. The lowest BCUT2D eigenvalue weighted by Gasteiger charge is -2.23. The average Bonchev–Trinajstić information content (AvgIpc) is 2.92. The maximum atomic E-state index is 13.2. The van der Waals surface area contributed by atoms with Gasteiger partial charge in [0.15, 0.2) is 0 Å². The van der Waals surface area contributed by atoms with Crippen molar-refractivity contribution < 1.29 is 33.4 Å². The zero-order chi connectivity index (χ0) is 29.1. The predicted molar refractivity (Wildman–Crippen MR) is 151 cm³/mol. The molecule has 0 fully saturated rings. The Bertz CT molecular complexity index is 1340. The van der Waals surface area contributed by atoms with Crippen molar-refractivity contribution in [3.63, 3.8) is 0 Å². The normalized spacial score (nSPS) is 11.7. The van der Waals surface area contributed by atoms with E-state index in [-0.39, 0.29) is 19.6 Å². The maximum absolute atomic E-state index is 13.2. The van der Waals surface area contributed by atoms with Crippen LogP contribution in [0.5, 0.6) is 0 Å². The highest BCUT2D eigenvalue weighted by molar-refractivity contribution is 6.00. The maximum Gasteiger partial charge on any atom is 0.408 e. The zero-order valence-corrected chi connectivity index (χ0v) is 23.1. The number of esters is 1. The summed E-state index contributed by atoms with van der Waals surface area (Å²) in [7, 11) is 1.32. The number of benzene rings is 3. The van der Waals surface area contributed by atoms with Gasteiger partial charge in [0.25, 0.3) is 0 Å². The predicted octanol–water partition coefficient (Wildman–Crippen LogP) is 5.16. The van der Waals surface area contributed by atoms with Crippen molar-refractivity contribution in [1.29, 1.82) is 0 Å². The van der Waals surface area contributed by atoms with Gasteiger partial charge in [-0.3, -0.25) is 4.79 Å². The van der Waals surface area contributed by atoms with E-state index in [2.05, 4.69) is 16.0 Å². The summed E-state index contributed by atoms with van der Waals surface area (Å²) in [5.41, 5.74) is 1.07. The number of amides is 3. The number of methoxy groups -OCH3 is 1. The van der Waals surface area contributed by atoms with E-state index in [9.17, 15) is 19.2 Å². The van der Waals surface area contributed by atoms with Crippen molar-refractivity contribution >= 4 is 40.5 Å². The fourth-order valence-corrected chi connectivity index (χ4v) is 3.79. The highest BCUT2D eigenvalue weighted by Crippen LogP contribution is 2.21. The molecule has 10 nitrogen and oxygen atoms in total. The lowest BCUT2D eigenvalue weighted by molar-refractivity contribution is -0.118. The molecular weight excluding hydrogens is 514 g/mol. The molecule has 3 aromatic rings. The lowest BCUT2D eigenvalue weighted by atomic mass is 10.1. The number of carbonyl (C=O) groups is 4. The first-order valence-corrected chi connectivity index (χ1v) is 12.9. The third kappa shape index (κ3) is 9.61. The Morgan fingerprint density at radius 3 is 2.27 bits per heavy atom. The zero-order valence-electron chi connectivity index (χ0n) is 23.1. The molecular formula is C30H35N3O7. The highest BCUT2D eigenvalue weighted by atomic mass is 16.6. The Morgan fingerprint density at radius 2 is 1.57 bits per heavy atom. The second-order valence-electron chi connectivity index (χ2n) is 10.1. The molecule has 212 valence electrons. The van der Waals surface area contributed by atoms with Crippen LogP contribution in [0.25, 0.3) is 10.8 Å². The summed E-state index contributed by atoms with van der Waals surface area (Å²) in [5.74, 6) is -0.877. The van der Waals surface area contributed by atoms with Gasteiger partial charge in [0.2, 0.25) is 5.91 Å². The van der Waals surface area contributed by atoms with Gasteiger partial charge in [0.1, 0.15) is 18.2 Å². The smallest absolute Gasteiger partial charge is 0.408 e. The number of fused-ring (bicyclic) bond motifs is 1. The van der Waals surface area contributed by atoms with Gasteiger partial charge in [-0.25, -0.2) is 14.4 Å². The second kappa shape index (κ2) is 14.0. The van der Waals surface area contributed by atoms with Crippen molar-refractivity contribution in [3.05, 3.63) is 77.9 Å². The van der Waals surface area contributed by atoms with Crippen LogP contribution in [0.1, 0.15) is 49.5 Å². The Balaban J connectivity index is 1.59. The fourth-order valence-electron chi connectivity index (χ4n) is 3.79. The molecule has 0 aliphatic heterocycles. The van der Waals surface area contributed by atoms with Crippen molar-refractivity contribution in [2.75, 3.05) is 19.0 Å². The third-order valence-corrected chi connectivity index (χ3v) is 5.69. The van der Waals surface area contributed by atoms with Crippen LogP contribution < -0.4 is 16.0 Å². The van der Waals surface area contributed by atoms with Gasteiger partial charge in [-0.2, -0.15) is 0 Å². The van der Waals surface area contributed by atoms with E-state index in [0.717, 1.165) is 16.3 Å². The van der Waals surface area contributed by atoms with Gasteiger partial charge in [0, 0.05) is 12.2 Å². The van der Waals surface area contributed by atoms with E-state index in [1.54, 1.807) is 57.2 Å². The second-order valence-corrected chi connectivity index (χ2v) is 10.1. The van der Waals surface area contributed by atoms with Gasteiger partial charge in [-0.1, -0.05) is 42.5 Å². The van der Waals surface area contributed by atoms with Crippen molar-refractivity contribution in [1.82, 2.24) is 10.6 Å². The molecule has 40 heavy (non-hydrogen) atoms. The van der Waals surface area contributed by atoms with E-state index in [1.807, 2.05) is 30.3 Å². The minimum atomic E-state index is -0.922. The molecule has 0 saturated heterocycles. The van der Waals surface area contributed by atoms with E-state index in [4.69, 9.17) is 14.2 Å². The van der Waals surface area contributed by atoms with E-state index < -0.39 is 35.7 Å². The molecule has 0 spiro atoms. The van der Waals surface area contributed by atoms with Gasteiger partial charge >= 0.3 is 18.2 Å². The standard InChI is InChI=1S/C30H35N3O7/c1-30(2,3)40-29(37)33-25(11-8-16-31-28(36)39-19-20-9-6-5-7-10-20)26(34)32-24-15-14-21-17-23(27(35)38-4)13-12-22(21)18-24/h5-7,9-10,12-15,17-18,25H,8,11,16,19H2,1-4H3,(H,31,36)(H,32,34)(H,33,37)/t25-/m0/s1. The molecule has 0 bridgehead atoms. The minimum Gasteiger partial charge on any atom is -0.465 e. The molecule has 0 saturated carbocycles. The summed E-state index contributed by atoms with van der Waals surface area (Å²) in [6.45, 7) is 5.58. The summed E-state index contributed by atoms with van der Waals surface area (Å²) >= 11 is 0. The van der Waals surface area contributed by atoms with Crippen LogP contribution in [0.2, 0.25) is 0 Å². The summed E-state index contributed by atoms with van der Waals surface area (Å²) in [6.07, 6.45) is -0.671. The summed E-state index contributed by atoms with van der Waals surface area (Å²) in [5, 5.41) is 9.71. The molecule has 3 amide bonds. The molecule has 0 unspecified atom stereocenters. The molecule has 0 aromatic heterocycles. The van der Waals surface area contributed by atoms with Gasteiger partial charge < -0.3 is 30.2 Å². The van der Waals surface area contributed by atoms with Gasteiger partial charge in [-0.15, -0.1) is 0 Å². The van der Waals surface area contributed by atoms with Gasteiger partial charge in [0.05, 0.1) is 12.7 Å². The number of rotatable bonds is 10. The average molecular weight is 550 g/mol. The first kappa shape index (κ1) is 29.9. The summed E-state index contributed by atoms with van der Waals surface area (Å²) in [4.78, 5) is 49.4. The lowest BCUT2D eigenvalue weighted by Crippen LogP contribution is -2.46.